The first-order chi connectivity index (χ1) is 12.1. The van der Waals surface area contributed by atoms with E-state index >= 15 is 0 Å². The molecule has 0 unspecified atom stereocenters. The number of nitriles is 1. The number of aromatic nitrogens is 2. The van der Waals surface area contributed by atoms with Gasteiger partial charge in [0.05, 0.1) is 6.54 Å². The fourth-order valence-electron chi connectivity index (χ4n) is 2.46. The second-order valence-corrected chi connectivity index (χ2v) is 6.59. The summed E-state index contributed by atoms with van der Waals surface area (Å²) in [5.74, 6) is 0.575. The van der Waals surface area contributed by atoms with Crippen molar-refractivity contribution in [3.05, 3.63) is 75.3 Å². The Morgan fingerprint density at radius 3 is 2.60 bits per heavy atom. The Balaban J connectivity index is 1.81. The number of ether oxygens (including phenoxy) is 1. The number of nitrogens with zero attached hydrogens (tertiary/aromatic N) is 3. The molecule has 0 saturated carbocycles. The SMILES string of the molecule is Cc1ccccc1COc1nn(Cc2ccc(Br)cc2)c(N)c1C#N. The van der Waals surface area contributed by atoms with Crippen LogP contribution in [-0.2, 0) is 13.2 Å². The van der Waals surface area contributed by atoms with E-state index in [-0.39, 0.29) is 11.4 Å². The summed E-state index contributed by atoms with van der Waals surface area (Å²) in [6, 6.07) is 17.9. The van der Waals surface area contributed by atoms with Gasteiger partial charge in [0.15, 0.2) is 5.56 Å². The summed E-state index contributed by atoms with van der Waals surface area (Å²) in [6.07, 6.45) is 0. The minimum atomic E-state index is 0.264. The highest BCUT2D eigenvalue weighted by Crippen LogP contribution is 2.25. The van der Waals surface area contributed by atoms with Crippen molar-refractivity contribution in [1.82, 2.24) is 9.78 Å². The molecule has 0 aliphatic carbocycles. The molecule has 1 aromatic heterocycles. The number of hydrogen-bond donors (Lipinski definition) is 1. The lowest BCUT2D eigenvalue weighted by Gasteiger charge is -2.06. The van der Waals surface area contributed by atoms with Gasteiger partial charge >= 0.3 is 0 Å². The maximum atomic E-state index is 9.40. The van der Waals surface area contributed by atoms with Gasteiger partial charge in [0.25, 0.3) is 5.88 Å². The Morgan fingerprint density at radius 1 is 1.20 bits per heavy atom. The summed E-state index contributed by atoms with van der Waals surface area (Å²) in [6.45, 7) is 2.84. The van der Waals surface area contributed by atoms with E-state index < -0.39 is 0 Å². The van der Waals surface area contributed by atoms with Crippen LogP contribution < -0.4 is 10.5 Å². The number of hydrogen-bond acceptors (Lipinski definition) is 4. The molecule has 0 bridgehead atoms. The van der Waals surface area contributed by atoms with Crippen molar-refractivity contribution in [2.45, 2.75) is 20.1 Å². The maximum Gasteiger partial charge on any atom is 0.253 e. The van der Waals surface area contributed by atoms with Crippen LogP contribution in [0.15, 0.2) is 53.0 Å². The number of halogens is 1. The molecule has 0 saturated heterocycles. The van der Waals surface area contributed by atoms with E-state index in [9.17, 15) is 5.26 Å². The molecule has 3 rings (SSSR count). The molecule has 6 heteroatoms. The molecular weight excluding hydrogens is 380 g/mol. The highest BCUT2D eigenvalue weighted by Gasteiger charge is 2.17. The molecule has 0 aliphatic heterocycles. The van der Waals surface area contributed by atoms with E-state index in [1.165, 1.54) is 0 Å². The van der Waals surface area contributed by atoms with Gasteiger partial charge in [0, 0.05) is 4.47 Å². The van der Waals surface area contributed by atoms with Crippen molar-refractivity contribution >= 4 is 21.7 Å². The molecule has 0 radical (unpaired) electrons. The number of anilines is 1. The Kier molecular flexibility index (Phi) is 5.05. The minimum Gasteiger partial charge on any atom is -0.471 e. The lowest BCUT2D eigenvalue weighted by atomic mass is 10.1. The van der Waals surface area contributed by atoms with Gasteiger partial charge in [-0.1, -0.05) is 52.3 Å². The van der Waals surface area contributed by atoms with Gasteiger partial charge in [0.1, 0.15) is 18.5 Å². The topological polar surface area (TPSA) is 76.9 Å². The summed E-state index contributed by atoms with van der Waals surface area (Å²) in [7, 11) is 0. The quantitative estimate of drug-likeness (QED) is 0.705. The first-order valence-corrected chi connectivity index (χ1v) is 8.56. The zero-order valence-corrected chi connectivity index (χ0v) is 15.3. The van der Waals surface area contributed by atoms with Crippen LogP contribution in [0.1, 0.15) is 22.3 Å². The molecule has 126 valence electrons. The molecular formula is C19H17BrN4O. The molecule has 0 amide bonds. The predicted octanol–water partition coefficient (Wildman–Crippen LogP) is 4.04. The van der Waals surface area contributed by atoms with Gasteiger partial charge in [-0.3, -0.25) is 0 Å². The fraction of sp³-hybridized carbons (Fsp3) is 0.158. The Hall–Kier alpha value is -2.78. The third-order valence-corrected chi connectivity index (χ3v) is 4.47. The number of nitrogens with two attached hydrogens (primary N) is 1. The molecule has 5 nitrogen and oxygen atoms in total. The van der Waals surface area contributed by atoms with Crippen molar-refractivity contribution in [2.24, 2.45) is 0 Å². The minimum absolute atomic E-state index is 0.264. The monoisotopic (exact) mass is 396 g/mol. The average molecular weight is 397 g/mol. The van der Waals surface area contributed by atoms with E-state index in [4.69, 9.17) is 10.5 Å². The summed E-state index contributed by atoms with van der Waals surface area (Å²) in [5, 5.41) is 13.8. The number of aryl methyl sites for hydroxylation is 1. The van der Waals surface area contributed by atoms with Crippen LogP contribution in [-0.4, -0.2) is 9.78 Å². The van der Waals surface area contributed by atoms with E-state index in [1.807, 2.05) is 55.5 Å². The lowest BCUT2D eigenvalue weighted by molar-refractivity contribution is 0.288. The largest absolute Gasteiger partial charge is 0.471 e. The molecule has 0 atom stereocenters. The van der Waals surface area contributed by atoms with Crippen molar-refractivity contribution in [3.63, 3.8) is 0 Å². The molecule has 0 fully saturated rings. The first kappa shape index (κ1) is 17.1. The van der Waals surface area contributed by atoms with Crippen LogP contribution in [0, 0.1) is 18.3 Å². The Morgan fingerprint density at radius 2 is 1.92 bits per heavy atom. The van der Waals surface area contributed by atoms with Crippen LogP contribution in [0.4, 0.5) is 5.82 Å². The standard InChI is InChI=1S/C19H17BrN4O/c1-13-4-2-3-5-15(13)12-25-19-17(10-21)18(22)24(23-19)11-14-6-8-16(20)9-7-14/h2-9H,11-12,22H2,1H3. The highest BCUT2D eigenvalue weighted by molar-refractivity contribution is 9.10. The van der Waals surface area contributed by atoms with Crippen molar-refractivity contribution < 1.29 is 4.74 Å². The second-order valence-electron chi connectivity index (χ2n) is 5.68. The molecule has 1 heterocycles. The average Bonchev–Trinajstić information content (AvgIpc) is 2.91. The van der Waals surface area contributed by atoms with Gasteiger partial charge < -0.3 is 10.5 Å². The Labute approximate surface area is 154 Å². The van der Waals surface area contributed by atoms with Crippen LogP contribution in [0.3, 0.4) is 0 Å². The number of benzene rings is 2. The summed E-state index contributed by atoms with van der Waals surface area (Å²) >= 11 is 3.41. The maximum absolute atomic E-state index is 9.40. The molecule has 2 N–H and O–H groups in total. The van der Waals surface area contributed by atoms with E-state index in [1.54, 1.807) is 4.68 Å². The number of nitrogen functional groups attached to an aromatic ring is 1. The third kappa shape index (κ3) is 3.83. The van der Waals surface area contributed by atoms with Crippen LogP contribution >= 0.6 is 15.9 Å². The van der Waals surface area contributed by atoms with E-state index in [0.717, 1.165) is 21.2 Å². The van der Waals surface area contributed by atoms with Gasteiger partial charge in [-0.25, -0.2) is 4.68 Å². The van der Waals surface area contributed by atoms with Gasteiger partial charge in [-0.15, -0.1) is 5.10 Å². The van der Waals surface area contributed by atoms with Crippen molar-refractivity contribution in [3.8, 4) is 11.9 Å². The van der Waals surface area contributed by atoms with Gasteiger partial charge in [-0.2, -0.15) is 5.26 Å². The summed E-state index contributed by atoms with van der Waals surface area (Å²) < 4.78 is 8.37. The highest BCUT2D eigenvalue weighted by atomic mass is 79.9. The summed E-state index contributed by atoms with van der Waals surface area (Å²) in [4.78, 5) is 0. The molecule has 25 heavy (non-hydrogen) atoms. The van der Waals surface area contributed by atoms with Crippen molar-refractivity contribution in [2.75, 3.05) is 5.73 Å². The number of rotatable bonds is 5. The molecule has 2 aromatic carbocycles. The molecule has 3 aromatic rings. The smallest absolute Gasteiger partial charge is 0.253 e. The zero-order valence-electron chi connectivity index (χ0n) is 13.7. The third-order valence-electron chi connectivity index (χ3n) is 3.94. The normalized spacial score (nSPS) is 10.4. The van der Waals surface area contributed by atoms with E-state index in [0.29, 0.717) is 19.0 Å². The summed E-state index contributed by atoms with van der Waals surface area (Å²) in [5.41, 5.74) is 9.56. The molecule has 0 spiro atoms. The molecule has 0 aliphatic rings. The zero-order chi connectivity index (χ0) is 17.8. The van der Waals surface area contributed by atoms with Crippen LogP contribution in [0.25, 0.3) is 0 Å². The van der Waals surface area contributed by atoms with Crippen molar-refractivity contribution in [1.29, 1.82) is 5.26 Å². The van der Waals surface area contributed by atoms with Crippen LogP contribution in [0.5, 0.6) is 5.88 Å². The second kappa shape index (κ2) is 7.41. The van der Waals surface area contributed by atoms with Crippen LogP contribution in [0.2, 0.25) is 0 Å². The lowest BCUT2D eigenvalue weighted by Crippen LogP contribution is -2.06. The van der Waals surface area contributed by atoms with Gasteiger partial charge in [-0.05, 0) is 35.7 Å². The fourth-order valence-corrected chi connectivity index (χ4v) is 2.72. The Bertz CT molecular complexity index is 926. The first-order valence-electron chi connectivity index (χ1n) is 7.76. The predicted molar refractivity (Wildman–Crippen MR) is 100 cm³/mol. The van der Waals surface area contributed by atoms with E-state index in [2.05, 4.69) is 27.1 Å². The van der Waals surface area contributed by atoms with Gasteiger partial charge in [0.2, 0.25) is 0 Å².